The normalized spacial score (nSPS) is 11.0. The molecule has 3 rings (SSSR count). The maximum Gasteiger partial charge on any atom is 0.352 e. The van der Waals surface area contributed by atoms with Gasteiger partial charge in [-0.15, -0.1) is 0 Å². The van der Waals surface area contributed by atoms with Gasteiger partial charge in [0.25, 0.3) is 0 Å². The molecule has 1 aromatic heterocycles. The van der Waals surface area contributed by atoms with Crippen molar-refractivity contribution in [3.63, 3.8) is 0 Å². The lowest BCUT2D eigenvalue weighted by Crippen LogP contribution is -2.07. The Morgan fingerprint density at radius 3 is 2.44 bits per heavy atom. The largest absolute Gasteiger partial charge is 0.477 e. The number of rotatable bonds is 12. The molecule has 0 amide bonds. The number of nitrogens with zero attached hydrogens (tertiary/aromatic N) is 1. The van der Waals surface area contributed by atoms with Gasteiger partial charge in [-0.25, -0.2) is 4.79 Å². The number of carboxylic acid groups (broad SMARTS) is 1. The summed E-state index contributed by atoms with van der Waals surface area (Å²) < 4.78 is 1.88. The number of aromatic carboxylic acids is 1. The quantitative estimate of drug-likeness (QED) is 0.266. The second kappa shape index (κ2) is 12.0. The number of hydrogen-bond donors (Lipinski definition) is 2. The van der Waals surface area contributed by atoms with Gasteiger partial charge in [-0.2, -0.15) is 0 Å². The fourth-order valence-corrected chi connectivity index (χ4v) is 4.15. The van der Waals surface area contributed by atoms with Crippen molar-refractivity contribution < 1.29 is 9.90 Å². The topological polar surface area (TPSA) is 54.3 Å². The van der Waals surface area contributed by atoms with E-state index in [1.165, 1.54) is 19.3 Å². The average Bonchev–Trinajstić information content (AvgIpc) is 3.18. The molecule has 0 saturated heterocycles. The van der Waals surface area contributed by atoms with Crippen LogP contribution < -0.4 is 5.32 Å². The monoisotopic (exact) mass is 472 g/mol. The highest BCUT2D eigenvalue weighted by molar-refractivity contribution is 6.33. The number of carbonyl (C=O) groups is 1. The first-order chi connectivity index (χ1) is 15.5. The Kier molecular flexibility index (Phi) is 9.07. The predicted molar refractivity (Wildman–Crippen MR) is 133 cm³/mol. The minimum Gasteiger partial charge on any atom is -0.477 e. The third-order valence-electron chi connectivity index (χ3n) is 5.53. The maximum atomic E-state index is 11.7. The SMILES string of the molecule is CCCCCCCn1cc(Cc2ccc(NCc3cc(Cl)ccc3Cl)cc2)cc1C(=O)O. The summed E-state index contributed by atoms with van der Waals surface area (Å²) in [5, 5.41) is 14.3. The van der Waals surface area contributed by atoms with Crippen LogP contribution in [-0.2, 0) is 19.5 Å². The van der Waals surface area contributed by atoms with E-state index in [1.807, 2.05) is 29.0 Å². The lowest BCUT2D eigenvalue weighted by atomic mass is 10.1. The van der Waals surface area contributed by atoms with E-state index in [0.717, 1.165) is 41.8 Å². The standard InChI is InChI=1S/C26H30Cl2N2O2/c1-2-3-4-5-6-13-30-18-20(15-25(30)26(31)32)14-19-7-10-23(11-8-19)29-17-21-16-22(27)9-12-24(21)28/h7-12,15-16,18,29H,2-6,13-14,17H2,1H3,(H,31,32). The molecule has 6 heteroatoms. The highest BCUT2D eigenvalue weighted by Crippen LogP contribution is 2.22. The molecule has 0 spiro atoms. The van der Waals surface area contributed by atoms with E-state index >= 15 is 0 Å². The molecule has 0 aliphatic rings. The zero-order chi connectivity index (χ0) is 22.9. The number of aromatic nitrogens is 1. The van der Waals surface area contributed by atoms with Crippen LogP contribution in [0.25, 0.3) is 0 Å². The molecule has 3 aromatic rings. The third kappa shape index (κ3) is 7.04. The Bertz CT molecular complexity index is 1030. The summed E-state index contributed by atoms with van der Waals surface area (Å²) in [6.45, 7) is 3.53. The Morgan fingerprint density at radius 1 is 0.969 bits per heavy atom. The van der Waals surface area contributed by atoms with Crippen LogP contribution in [-0.4, -0.2) is 15.6 Å². The van der Waals surface area contributed by atoms with Crippen LogP contribution in [0.5, 0.6) is 0 Å². The van der Waals surface area contributed by atoms with Crippen molar-refractivity contribution in [2.75, 3.05) is 5.32 Å². The maximum absolute atomic E-state index is 11.7. The summed E-state index contributed by atoms with van der Waals surface area (Å²) in [5.74, 6) is -0.871. The van der Waals surface area contributed by atoms with E-state index in [9.17, 15) is 9.90 Å². The summed E-state index contributed by atoms with van der Waals surface area (Å²) in [7, 11) is 0. The van der Waals surface area contributed by atoms with Gasteiger partial charge in [0.2, 0.25) is 0 Å². The van der Waals surface area contributed by atoms with Crippen LogP contribution in [0.3, 0.4) is 0 Å². The molecule has 0 aliphatic heterocycles. The molecule has 0 aliphatic carbocycles. The van der Waals surface area contributed by atoms with Crippen molar-refractivity contribution in [2.24, 2.45) is 0 Å². The average molecular weight is 473 g/mol. The van der Waals surface area contributed by atoms with Crippen LogP contribution in [0.4, 0.5) is 5.69 Å². The fraction of sp³-hybridized carbons (Fsp3) is 0.346. The Balaban J connectivity index is 1.59. The molecule has 2 N–H and O–H groups in total. The number of unbranched alkanes of at least 4 members (excludes halogenated alkanes) is 4. The molecular weight excluding hydrogens is 443 g/mol. The number of aryl methyl sites for hydroxylation is 1. The van der Waals surface area contributed by atoms with E-state index in [4.69, 9.17) is 23.2 Å². The summed E-state index contributed by atoms with van der Waals surface area (Å²) in [5.41, 5.74) is 4.45. The summed E-state index contributed by atoms with van der Waals surface area (Å²) >= 11 is 12.3. The van der Waals surface area contributed by atoms with Crippen molar-refractivity contribution in [1.82, 2.24) is 4.57 Å². The molecule has 0 unspecified atom stereocenters. The first-order valence-electron chi connectivity index (χ1n) is 11.2. The Hall–Kier alpha value is -2.43. The first kappa shape index (κ1) is 24.2. The van der Waals surface area contributed by atoms with Gasteiger partial charge in [0.05, 0.1) is 0 Å². The van der Waals surface area contributed by atoms with Gasteiger partial charge in [-0.05, 0) is 65.9 Å². The zero-order valence-electron chi connectivity index (χ0n) is 18.4. The van der Waals surface area contributed by atoms with Gasteiger partial charge < -0.3 is 15.0 Å². The molecule has 0 saturated carbocycles. The first-order valence-corrected chi connectivity index (χ1v) is 11.9. The van der Waals surface area contributed by atoms with Crippen molar-refractivity contribution in [2.45, 2.75) is 58.5 Å². The molecule has 1 heterocycles. The molecular formula is C26H30Cl2N2O2. The second-order valence-electron chi connectivity index (χ2n) is 8.11. The van der Waals surface area contributed by atoms with Crippen molar-refractivity contribution in [3.8, 4) is 0 Å². The molecule has 170 valence electrons. The molecule has 0 bridgehead atoms. The van der Waals surface area contributed by atoms with Crippen LogP contribution in [0.15, 0.2) is 54.7 Å². The predicted octanol–water partition coefficient (Wildman–Crippen LogP) is 7.67. The van der Waals surface area contributed by atoms with Crippen molar-refractivity contribution in [1.29, 1.82) is 0 Å². The number of nitrogens with one attached hydrogen (secondary N) is 1. The summed E-state index contributed by atoms with van der Waals surface area (Å²) in [6, 6.07) is 15.4. The summed E-state index contributed by atoms with van der Waals surface area (Å²) in [6.07, 6.45) is 8.47. The van der Waals surface area contributed by atoms with Crippen molar-refractivity contribution >= 4 is 34.9 Å². The lowest BCUT2D eigenvalue weighted by molar-refractivity contribution is 0.0685. The number of anilines is 1. The minimum absolute atomic E-state index is 0.368. The number of halogens is 2. The Labute approximate surface area is 200 Å². The van der Waals surface area contributed by atoms with E-state index in [0.29, 0.717) is 28.7 Å². The Morgan fingerprint density at radius 2 is 1.72 bits per heavy atom. The molecule has 2 aromatic carbocycles. The van der Waals surface area contributed by atoms with Crippen LogP contribution in [0, 0.1) is 0 Å². The van der Waals surface area contributed by atoms with Crippen molar-refractivity contribution in [3.05, 3.63) is 87.2 Å². The van der Waals surface area contributed by atoms with E-state index in [2.05, 4.69) is 24.4 Å². The smallest absolute Gasteiger partial charge is 0.352 e. The highest BCUT2D eigenvalue weighted by atomic mass is 35.5. The van der Waals surface area contributed by atoms with Crippen LogP contribution in [0.2, 0.25) is 10.0 Å². The van der Waals surface area contributed by atoms with E-state index < -0.39 is 5.97 Å². The van der Waals surface area contributed by atoms with Gasteiger partial charge in [0.15, 0.2) is 0 Å². The van der Waals surface area contributed by atoms with E-state index in [-0.39, 0.29) is 0 Å². The highest BCUT2D eigenvalue weighted by Gasteiger charge is 2.13. The molecule has 0 atom stereocenters. The van der Waals surface area contributed by atoms with E-state index in [1.54, 1.807) is 18.2 Å². The van der Waals surface area contributed by atoms with Gasteiger partial charge >= 0.3 is 5.97 Å². The molecule has 32 heavy (non-hydrogen) atoms. The molecule has 0 fully saturated rings. The van der Waals surface area contributed by atoms with Crippen LogP contribution >= 0.6 is 23.2 Å². The lowest BCUT2D eigenvalue weighted by Gasteiger charge is -2.09. The van der Waals surface area contributed by atoms with Gasteiger partial charge in [-0.1, -0.05) is 67.9 Å². The number of benzene rings is 2. The van der Waals surface area contributed by atoms with Crippen LogP contribution in [0.1, 0.15) is 66.2 Å². The summed E-state index contributed by atoms with van der Waals surface area (Å²) in [4.78, 5) is 11.7. The minimum atomic E-state index is -0.871. The van der Waals surface area contributed by atoms with Gasteiger partial charge in [0.1, 0.15) is 5.69 Å². The van der Waals surface area contributed by atoms with Gasteiger partial charge in [0, 0.05) is 35.0 Å². The molecule has 4 nitrogen and oxygen atoms in total. The van der Waals surface area contributed by atoms with Gasteiger partial charge in [-0.3, -0.25) is 0 Å². The molecule has 0 radical (unpaired) electrons. The number of carboxylic acids is 1. The third-order valence-corrected chi connectivity index (χ3v) is 6.13. The number of hydrogen-bond acceptors (Lipinski definition) is 2. The zero-order valence-corrected chi connectivity index (χ0v) is 19.9. The fourth-order valence-electron chi connectivity index (χ4n) is 3.77. The second-order valence-corrected chi connectivity index (χ2v) is 8.95.